The smallest absolute Gasteiger partial charge is 0.244 e. The number of carbonyl (C=O) groups is 2. The van der Waals surface area contributed by atoms with Crippen molar-refractivity contribution >= 4 is 104 Å². The van der Waals surface area contributed by atoms with Crippen molar-refractivity contribution in [1.29, 1.82) is 10.8 Å². The predicted molar refractivity (Wildman–Crippen MR) is 253 cm³/mol. The number of fused-ring (bicyclic) bond motifs is 1. The maximum absolute atomic E-state index is 12.1. The number of hydrogen-bond acceptors (Lipinski definition) is 13. The molecule has 4 aromatic rings. The number of ether oxygens (including phenoxy) is 3. The Labute approximate surface area is 385 Å². The molecule has 0 spiro atoms. The standard InChI is InChI=1S/C26H33Cl2N7O5.C17H17ClN4S/c1-19(36)29-7-10-38-12-14-40-15-13-39-11-8-30-26(37)5-2-20-16-25(32-18-31-20)33-24-6-9-35(34-24)21-3-4-22(27)23(28)17-21;1-9-10(2)23-17-15(9)16(12-4-6-13(18)7-5-12)21-8-14(20)22(17)11(3)19/h2-5,16-18H,6-15H2,1H3,(H,29,36)(H,30,37)(H,31,32,33,34);4-7,19-20H,8H2,1-3H3/b5-2+;. The molecule has 20 heteroatoms. The first-order chi connectivity index (χ1) is 30.3. The maximum Gasteiger partial charge on any atom is 0.244 e. The average molecular weight is 939 g/mol. The Morgan fingerprint density at radius 1 is 0.921 bits per heavy atom. The third kappa shape index (κ3) is 14.9. The van der Waals surface area contributed by atoms with E-state index in [4.69, 9.17) is 59.8 Å². The van der Waals surface area contributed by atoms with Crippen LogP contribution in [-0.4, -0.2) is 111 Å². The lowest BCUT2D eigenvalue weighted by molar-refractivity contribution is -0.119. The first-order valence-corrected chi connectivity index (χ1v) is 21.9. The molecule has 2 aromatic carbocycles. The van der Waals surface area contributed by atoms with Gasteiger partial charge in [0.25, 0.3) is 0 Å². The molecule has 2 amide bonds. The molecule has 5 N–H and O–H groups in total. The third-order valence-electron chi connectivity index (χ3n) is 9.21. The summed E-state index contributed by atoms with van der Waals surface area (Å²) in [5.74, 6) is 1.53. The van der Waals surface area contributed by atoms with Crippen LogP contribution in [0.3, 0.4) is 0 Å². The van der Waals surface area contributed by atoms with Crippen LogP contribution in [0.2, 0.25) is 15.1 Å². The summed E-state index contributed by atoms with van der Waals surface area (Å²) < 4.78 is 16.1. The van der Waals surface area contributed by atoms with E-state index in [2.05, 4.69) is 49.9 Å². The Bertz CT molecular complexity index is 2340. The fraction of sp³-hybridized carbons (Fsp3) is 0.349. The van der Waals surface area contributed by atoms with Crippen molar-refractivity contribution in [2.45, 2.75) is 34.1 Å². The zero-order valence-electron chi connectivity index (χ0n) is 35.4. The van der Waals surface area contributed by atoms with Gasteiger partial charge in [-0.25, -0.2) is 15.0 Å². The van der Waals surface area contributed by atoms with E-state index in [9.17, 15) is 9.59 Å². The van der Waals surface area contributed by atoms with Gasteiger partial charge >= 0.3 is 0 Å². The molecule has 334 valence electrons. The zero-order valence-corrected chi connectivity index (χ0v) is 38.5. The van der Waals surface area contributed by atoms with Gasteiger partial charge in [-0.05, 0) is 62.7 Å². The number of halogens is 3. The summed E-state index contributed by atoms with van der Waals surface area (Å²) in [7, 11) is 0. The number of thiophene rings is 1. The molecule has 63 heavy (non-hydrogen) atoms. The van der Waals surface area contributed by atoms with Gasteiger partial charge in [0.1, 0.15) is 28.8 Å². The molecular weight excluding hydrogens is 889 g/mol. The Morgan fingerprint density at radius 2 is 1.60 bits per heavy atom. The lowest BCUT2D eigenvalue weighted by Crippen LogP contribution is -2.35. The summed E-state index contributed by atoms with van der Waals surface area (Å²) in [6, 6.07) is 14.7. The summed E-state index contributed by atoms with van der Waals surface area (Å²) in [5.41, 5.74) is 8.69. The van der Waals surface area contributed by atoms with Crippen LogP contribution in [0.5, 0.6) is 0 Å². The SMILES string of the molecule is CC(=N)N1C(=N)CN=C(c2ccc(Cl)cc2)c2c1sc(C)c2C.CC(=O)NCCOCCOCCOCCNC(=O)/C=C/c1cc(N=C2CCN(c3ccc(Cl)c(Cl)c3)N2)ncn1. The number of hydrazine groups is 1. The molecule has 2 aliphatic heterocycles. The highest BCUT2D eigenvalue weighted by molar-refractivity contribution is 7.17. The molecule has 6 rings (SSSR count). The number of aromatic nitrogens is 2. The van der Waals surface area contributed by atoms with E-state index in [1.54, 1.807) is 47.4 Å². The molecule has 0 aliphatic carbocycles. The van der Waals surface area contributed by atoms with Crippen LogP contribution in [0.4, 0.5) is 16.5 Å². The van der Waals surface area contributed by atoms with Gasteiger partial charge in [-0.3, -0.25) is 40.7 Å². The molecule has 0 bridgehead atoms. The van der Waals surface area contributed by atoms with Crippen molar-refractivity contribution in [3.05, 3.63) is 103 Å². The largest absolute Gasteiger partial charge is 0.377 e. The fourth-order valence-corrected chi connectivity index (χ4v) is 7.70. The van der Waals surface area contributed by atoms with Gasteiger partial charge in [0.05, 0.1) is 73.3 Å². The quantitative estimate of drug-likeness (QED) is 0.0312. The number of aliphatic imine (C=N–C) groups is 2. The second-order valence-corrected chi connectivity index (χ2v) is 16.4. The minimum absolute atomic E-state index is 0.0807. The van der Waals surface area contributed by atoms with E-state index in [-0.39, 0.29) is 18.4 Å². The first-order valence-electron chi connectivity index (χ1n) is 20.0. The van der Waals surface area contributed by atoms with Crippen molar-refractivity contribution in [2.75, 3.05) is 75.7 Å². The van der Waals surface area contributed by atoms with E-state index in [1.807, 2.05) is 35.3 Å². The van der Waals surface area contributed by atoms with E-state index >= 15 is 0 Å². The molecule has 0 atom stereocenters. The second kappa shape index (κ2) is 24.5. The van der Waals surface area contributed by atoms with Crippen molar-refractivity contribution in [1.82, 2.24) is 26.0 Å². The highest BCUT2D eigenvalue weighted by Gasteiger charge is 2.29. The Morgan fingerprint density at radius 3 is 2.27 bits per heavy atom. The number of benzene rings is 2. The Kier molecular flexibility index (Phi) is 19.0. The van der Waals surface area contributed by atoms with Crippen LogP contribution in [0.25, 0.3) is 6.08 Å². The second-order valence-electron chi connectivity index (χ2n) is 13.9. The lowest BCUT2D eigenvalue weighted by atomic mass is 10.00. The molecule has 16 nitrogen and oxygen atoms in total. The van der Waals surface area contributed by atoms with E-state index in [1.165, 1.54) is 24.2 Å². The van der Waals surface area contributed by atoms with Crippen LogP contribution in [0.1, 0.15) is 47.5 Å². The average Bonchev–Trinajstić information content (AvgIpc) is 3.79. The van der Waals surface area contributed by atoms with Crippen molar-refractivity contribution in [2.24, 2.45) is 9.98 Å². The van der Waals surface area contributed by atoms with Gasteiger partial charge in [0.15, 0.2) is 5.82 Å². The van der Waals surface area contributed by atoms with Crippen molar-refractivity contribution in [3.8, 4) is 0 Å². The summed E-state index contributed by atoms with van der Waals surface area (Å²) in [4.78, 5) is 43.3. The number of nitrogens with zero attached hydrogens (tertiary/aromatic N) is 6. The highest BCUT2D eigenvalue weighted by atomic mass is 35.5. The van der Waals surface area contributed by atoms with E-state index in [0.29, 0.717) is 104 Å². The Balaban J connectivity index is 0.000000274. The number of amidine groups is 3. The summed E-state index contributed by atoms with van der Waals surface area (Å²) in [5, 5.41) is 26.2. The van der Waals surface area contributed by atoms with Crippen LogP contribution in [0, 0.1) is 24.7 Å². The number of rotatable bonds is 17. The molecule has 1 saturated heterocycles. The third-order valence-corrected chi connectivity index (χ3v) is 11.4. The molecule has 0 radical (unpaired) electrons. The lowest BCUT2D eigenvalue weighted by Gasteiger charge is -2.21. The predicted octanol–water partition coefficient (Wildman–Crippen LogP) is 7.19. The first kappa shape index (κ1) is 48.8. The molecule has 4 heterocycles. The van der Waals surface area contributed by atoms with Crippen molar-refractivity contribution in [3.63, 3.8) is 0 Å². The molecule has 1 fully saturated rings. The van der Waals surface area contributed by atoms with Gasteiger partial charge < -0.3 is 24.8 Å². The number of nitrogens with one attached hydrogen (secondary N) is 5. The summed E-state index contributed by atoms with van der Waals surface area (Å²) >= 11 is 19.7. The molecule has 2 aliphatic rings. The van der Waals surface area contributed by atoms with Gasteiger partial charge in [0, 0.05) is 66.1 Å². The normalized spacial score (nSPS) is 14.2. The van der Waals surface area contributed by atoms with E-state index < -0.39 is 0 Å². The number of carbonyl (C=O) groups excluding carboxylic acids is 2. The summed E-state index contributed by atoms with van der Waals surface area (Å²) in [6.45, 7) is 11.6. The topological polar surface area (TPSA) is 203 Å². The van der Waals surface area contributed by atoms with Crippen LogP contribution in [-0.2, 0) is 23.8 Å². The fourth-order valence-electron chi connectivity index (χ4n) is 6.04. The molecule has 0 unspecified atom stereocenters. The highest BCUT2D eigenvalue weighted by Crippen LogP contribution is 2.39. The Hall–Kier alpha value is -5.27. The summed E-state index contributed by atoms with van der Waals surface area (Å²) in [6.07, 6.45) is 5.09. The van der Waals surface area contributed by atoms with Gasteiger partial charge in [-0.2, -0.15) is 0 Å². The zero-order chi connectivity index (χ0) is 45.3. The molecular formula is C43H50Cl3N11O5S. The van der Waals surface area contributed by atoms with Crippen LogP contribution < -0.4 is 26.0 Å². The van der Waals surface area contributed by atoms with Gasteiger partial charge in [0.2, 0.25) is 11.8 Å². The minimum atomic E-state index is -0.266. The monoisotopic (exact) mass is 937 g/mol. The van der Waals surface area contributed by atoms with Crippen molar-refractivity contribution < 1.29 is 23.8 Å². The van der Waals surface area contributed by atoms with Gasteiger partial charge in [-0.15, -0.1) is 11.3 Å². The maximum atomic E-state index is 12.1. The number of hydrogen-bond donors (Lipinski definition) is 5. The van der Waals surface area contributed by atoms with Crippen LogP contribution >= 0.6 is 46.1 Å². The van der Waals surface area contributed by atoms with Crippen LogP contribution in [0.15, 0.2) is 70.9 Å². The molecule has 2 aromatic heterocycles. The van der Waals surface area contributed by atoms with E-state index in [0.717, 1.165) is 38.9 Å². The minimum Gasteiger partial charge on any atom is -0.377 e. The number of aryl methyl sites for hydroxylation is 1. The molecule has 0 saturated carbocycles. The number of anilines is 2. The number of amides is 2. The van der Waals surface area contributed by atoms with Gasteiger partial charge in [-0.1, -0.05) is 46.9 Å².